The van der Waals surface area contributed by atoms with E-state index in [1.54, 1.807) is 29.5 Å². The van der Waals surface area contributed by atoms with Gasteiger partial charge in [0.1, 0.15) is 12.4 Å². The molecule has 0 bridgehead atoms. The van der Waals surface area contributed by atoms with E-state index in [4.69, 9.17) is 4.74 Å². The largest absolute Gasteiger partial charge is 0.487 e. The monoisotopic (exact) mass is 284 g/mol. The first-order chi connectivity index (χ1) is 9.75. The van der Waals surface area contributed by atoms with Crippen molar-refractivity contribution in [2.24, 2.45) is 0 Å². The smallest absolute Gasteiger partial charge is 0.336 e. The van der Waals surface area contributed by atoms with Gasteiger partial charge in [-0.25, -0.2) is 4.79 Å². The zero-order valence-corrected chi connectivity index (χ0v) is 11.4. The van der Waals surface area contributed by atoms with Crippen LogP contribution in [-0.2, 0) is 6.61 Å². The number of carbonyl (C=O) groups is 1. The van der Waals surface area contributed by atoms with Crippen molar-refractivity contribution in [1.82, 2.24) is 0 Å². The molecule has 2 aromatic carbocycles. The molecule has 0 atom stereocenters. The van der Waals surface area contributed by atoms with Crippen molar-refractivity contribution in [2.45, 2.75) is 6.61 Å². The van der Waals surface area contributed by atoms with Crippen molar-refractivity contribution in [3.63, 3.8) is 0 Å². The number of carboxylic acid groups (broad SMARTS) is 1. The normalized spacial score (nSPS) is 10.6. The van der Waals surface area contributed by atoms with Gasteiger partial charge in [-0.2, -0.15) is 0 Å². The van der Waals surface area contributed by atoms with Crippen molar-refractivity contribution < 1.29 is 14.6 Å². The summed E-state index contributed by atoms with van der Waals surface area (Å²) < 4.78 is 5.82. The second-order valence-electron chi connectivity index (χ2n) is 4.33. The lowest BCUT2D eigenvalue weighted by Gasteiger charge is -2.10. The molecule has 0 aliphatic carbocycles. The molecular formula is C16H12O3S. The van der Waals surface area contributed by atoms with Gasteiger partial charge in [-0.15, -0.1) is 11.3 Å². The number of rotatable bonds is 4. The number of thiophene rings is 1. The second kappa shape index (κ2) is 5.35. The molecule has 1 N–H and O–H groups in total. The summed E-state index contributed by atoms with van der Waals surface area (Å²) in [4.78, 5) is 12.4. The van der Waals surface area contributed by atoms with E-state index in [1.807, 2.05) is 35.7 Å². The molecule has 0 amide bonds. The summed E-state index contributed by atoms with van der Waals surface area (Å²) in [6.45, 7) is 0.494. The minimum Gasteiger partial charge on any atom is -0.487 e. The van der Waals surface area contributed by atoms with Crippen molar-refractivity contribution in [3.8, 4) is 5.75 Å². The molecule has 100 valence electrons. The first-order valence-electron chi connectivity index (χ1n) is 6.16. The lowest BCUT2D eigenvalue weighted by Crippen LogP contribution is -1.99. The molecule has 0 radical (unpaired) electrons. The predicted octanol–water partition coefficient (Wildman–Crippen LogP) is 4.18. The third-order valence-corrected chi connectivity index (χ3v) is 3.91. The number of hydrogen-bond acceptors (Lipinski definition) is 3. The summed E-state index contributed by atoms with van der Waals surface area (Å²) in [5.41, 5.74) is 0.295. The fourth-order valence-corrected chi connectivity index (χ4v) is 2.74. The molecule has 1 aromatic heterocycles. The van der Waals surface area contributed by atoms with E-state index < -0.39 is 5.97 Å². The van der Waals surface area contributed by atoms with Gasteiger partial charge >= 0.3 is 5.97 Å². The van der Waals surface area contributed by atoms with Crippen LogP contribution in [0.25, 0.3) is 10.8 Å². The van der Waals surface area contributed by atoms with E-state index in [-0.39, 0.29) is 0 Å². The Morgan fingerprint density at radius 3 is 2.55 bits per heavy atom. The van der Waals surface area contributed by atoms with Gasteiger partial charge in [0.05, 0.1) is 5.56 Å². The molecule has 20 heavy (non-hydrogen) atoms. The van der Waals surface area contributed by atoms with Gasteiger partial charge in [0.15, 0.2) is 0 Å². The Labute approximate surface area is 120 Å². The van der Waals surface area contributed by atoms with E-state index in [2.05, 4.69) is 0 Å². The van der Waals surface area contributed by atoms with Crippen molar-refractivity contribution in [1.29, 1.82) is 0 Å². The highest BCUT2D eigenvalue weighted by molar-refractivity contribution is 7.09. The Kier molecular flexibility index (Phi) is 3.39. The maximum atomic E-state index is 11.2. The van der Waals surface area contributed by atoms with Gasteiger partial charge in [-0.05, 0) is 29.0 Å². The standard InChI is InChI=1S/C16H12O3S/c17-16(18)14-7-8-15(13-6-2-1-5-12(13)14)19-10-11-4-3-9-20-11/h1-9H,10H2,(H,17,18). The number of aromatic carboxylic acids is 1. The van der Waals surface area contributed by atoms with Gasteiger partial charge < -0.3 is 9.84 Å². The Morgan fingerprint density at radius 1 is 1.05 bits per heavy atom. The number of benzene rings is 2. The van der Waals surface area contributed by atoms with Gasteiger partial charge in [0.25, 0.3) is 0 Å². The Bertz CT molecular complexity index is 748. The van der Waals surface area contributed by atoms with Gasteiger partial charge in [-0.1, -0.05) is 30.3 Å². The van der Waals surface area contributed by atoms with E-state index >= 15 is 0 Å². The Morgan fingerprint density at radius 2 is 1.85 bits per heavy atom. The van der Waals surface area contributed by atoms with Crippen LogP contribution in [0.4, 0.5) is 0 Å². The number of carboxylic acids is 1. The van der Waals surface area contributed by atoms with Crippen LogP contribution in [-0.4, -0.2) is 11.1 Å². The average Bonchev–Trinajstić information content (AvgIpc) is 2.97. The molecule has 3 rings (SSSR count). The predicted molar refractivity (Wildman–Crippen MR) is 79.6 cm³/mol. The van der Waals surface area contributed by atoms with Gasteiger partial charge in [-0.3, -0.25) is 0 Å². The maximum Gasteiger partial charge on any atom is 0.336 e. The average molecular weight is 284 g/mol. The summed E-state index contributed by atoms with van der Waals surface area (Å²) in [5, 5.41) is 12.7. The fraction of sp³-hybridized carbons (Fsp3) is 0.0625. The minimum atomic E-state index is -0.925. The molecule has 0 unspecified atom stereocenters. The van der Waals surface area contributed by atoms with Crippen LogP contribution in [0.2, 0.25) is 0 Å². The SMILES string of the molecule is O=C(O)c1ccc(OCc2cccs2)c2ccccc12. The lowest BCUT2D eigenvalue weighted by molar-refractivity contribution is 0.0699. The quantitative estimate of drug-likeness (QED) is 0.781. The van der Waals surface area contributed by atoms with Crippen LogP contribution in [0.5, 0.6) is 5.75 Å². The molecule has 0 saturated carbocycles. The third-order valence-electron chi connectivity index (χ3n) is 3.06. The molecule has 0 saturated heterocycles. The molecule has 3 nitrogen and oxygen atoms in total. The molecule has 0 spiro atoms. The molecule has 0 fully saturated rings. The summed E-state index contributed by atoms with van der Waals surface area (Å²) in [6, 6.07) is 14.7. The zero-order valence-electron chi connectivity index (χ0n) is 10.6. The zero-order chi connectivity index (χ0) is 13.9. The van der Waals surface area contributed by atoms with Gasteiger partial charge in [0.2, 0.25) is 0 Å². The first kappa shape index (κ1) is 12.7. The topological polar surface area (TPSA) is 46.5 Å². The number of fused-ring (bicyclic) bond motifs is 1. The molecule has 4 heteroatoms. The first-order valence-corrected chi connectivity index (χ1v) is 7.04. The summed E-state index contributed by atoms with van der Waals surface area (Å²) in [7, 11) is 0. The molecule has 3 aromatic rings. The van der Waals surface area contributed by atoms with Crippen LogP contribution in [0.1, 0.15) is 15.2 Å². The highest BCUT2D eigenvalue weighted by atomic mass is 32.1. The number of hydrogen-bond donors (Lipinski definition) is 1. The Hall–Kier alpha value is -2.33. The van der Waals surface area contributed by atoms with Gasteiger partial charge in [0, 0.05) is 10.3 Å². The third kappa shape index (κ3) is 2.38. The van der Waals surface area contributed by atoms with E-state index in [9.17, 15) is 9.90 Å². The van der Waals surface area contributed by atoms with Crippen LogP contribution in [0, 0.1) is 0 Å². The molecule has 0 aliphatic heterocycles. The highest BCUT2D eigenvalue weighted by Gasteiger charge is 2.11. The highest BCUT2D eigenvalue weighted by Crippen LogP contribution is 2.29. The van der Waals surface area contributed by atoms with E-state index in [0.717, 1.165) is 10.3 Å². The summed E-state index contributed by atoms with van der Waals surface area (Å²) in [6.07, 6.45) is 0. The van der Waals surface area contributed by atoms with Crippen LogP contribution in [0.3, 0.4) is 0 Å². The lowest BCUT2D eigenvalue weighted by atomic mass is 10.0. The van der Waals surface area contributed by atoms with Crippen LogP contribution in [0.15, 0.2) is 53.9 Å². The summed E-state index contributed by atoms with van der Waals surface area (Å²) in [5.74, 6) is -0.218. The maximum absolute atomic E-state index is 11.2. The van der Waals surface area contributed by atoms with Crippen LogP contribution < -0.4 is 4.74 Å². The second-order valence-corrected chi connectivity index (χ2v) is 5.36. The van der Waals surface area contributed by atoms with E-state index in [0.29, 0.717) is 23.3 Å². The van der Waals surface area contributed by atoms with Crippen molar-refractivity contribution in [2.75, 3.05) is 0 Å². The summed E-state index contributed by atoms with van der Waals surface area (Å²) >= 11 is 1.64. The minimum absolute atomic E-state index is 0.295. The van der Waals surface area contributed by atoms with Crippen LogP contribution >= 0.6 is 11.3 Å². The van der Waals surface area contributed by atoms with Crippen molar-refractivity contribution >= 4 is 28.1 Å². The van der Waals surface area contributed by atoms with E-state index in [1.165, 1.54) is 0 Å². The van der Waals surface area contributed by atoms with Crippen molar-refractivity contribution in [3.05, 3.63) is 64.4 Å². The molecule has 1 heterocycles. The number of ether oxygens (including phenoxy) is 1. The Balaban J connectivity index is 1.99. The molecular weight excluding hydrogens is 272 g/mol. The molecule has 0 aliphatic rings. The fourth-order valence-electron chi connectivity index (χ4n) is 2.13.